The maximum absolute atomic E-state index is 12.4. The molecule has 41 heavy (non-hydrogen) atoms. The Morgan fingerprint density at radius 2 is 1.22 bits per heavy atom. The molecule has 2 aromatic rings. The summed E-state index contributed by atoms with van der Waals surface area (Å²) in [5, 5.41) is 0. The Balaban J connectivity index is 1.87. The zero-order valence-corrected chi connectivity index (χ0v) is 27.7. The molecule has 0 heterocycles. The van der Waals surface area contributed by atoms with Gasteiger partial charge in [0.2, 0.25) is 0 Å². The summed E-state index contributed by atoms with van der Waals surface area (Å²) in [4.78, 5) is 24.8. The Hall–Kier alpha value is -2.68. The van der Waals surface area contributed by atoms with Crippen LogP contribution in [0.4, 0.5) is 0 Å². The van der Waals surface area contributed by atoms with Crippen molar-refractivity contribution in [2.75, 3.05) is 73.1 Å². The van der Waals surface area contributed by atoms with Crippen molar-refractivity contribution in [2.45, 2.75) is 25.7 Å². The fraction of sp³-hybridized carbons (Fsp3) is 0.455. The standard InChI is InChI=1S/C33H48O6P2/c1-36-32-23-26(13-17-30(32)38-19-8-9-22-41(5,6)7)11-15-28(34)25-29(35)16-12-27-14-18-31(33(24-27)37-2)39-20-10-21-40(3)4/h11-18,23-24,41H,8-10,19-22,25H2,1-7H3/b15-11+,16-12+. The van der Waals surface area contributed by atoms with E-state index in [2.05, 4.69) is 33.3 Å². The van der Waals surface area contributed by atoms with Crippen LogP contribution in [0.5, 0.6) is 23.0 Å². The van der Waals surface area contributed by atoms with Crippen LogP contribution < -0.4 is 18.9 Å². The number of benzene rings is 2. The van der Waals surface area contributed by atoms with Crippen molar-refractivity contribution in [1.29, 1.82) is 0 Å². The van der Waals surface area contributed by atoms with Gasteiger partial charge in [-0.15, -0.1) is 7.92 Å². The monoisotopic (exact) mass is 602 g/mol. The van der Waals surface area contributed by atoms with Gasteiger partial charge in [-0.05, 0) is 49.7 Å². The van der Waals surface area contributed by atoms with Gasteiger partial charge in [0.1, 0.15) is 0 Å². The van der Waals surface area contributed by atoms with Crippen LogP contribution in [0.2, 0.25) is 0 Å². The first kappa shape index (κ1) is 34.5. The summed E-state index contributed by atoms with van der Waals surface area (Å²) in [7, 11) is 2.24. The maximum atomic E-state index is 12.4. The van der Waals surface area contributed by atoms with Crippen molar-refractivity contribution in [1.82, 2.24) is 0 Å². The molecule has 0 saturated carbocycles. The second kappa shape index (κ2) is 18.0. The molecule has 2 aromatic carbocycles. The molecule has 0 bridgehead atoms. The normalized spacial score (nSPS) is 12.2. The van der Waals surface area contributed by atoms with Crippen LogP contribution in [0.25, 0.3) is 12.2 Å². The fourth-order valence-electron chi connectivity index (χ4n) is 3.98. The molecule has 0 N–H and O–H groups in total. The Morgan fingerprint density at radius 1 is 0.732 bits per heavy atom. The van der Waals surface area contributed by atoms with E-state index in [-0.39, 0.29) is 25.9 Å². The van der Waals surface area contributed by atoms with E-state index in [1.807, 2.05) is 36.4 Å². The summed E-state index contributed by atoms with van der Waals surface area (Å²) in [6, 6.07) is 11.1. The zero-order chi connectivity index (χ0) is 30.3. The van der Waals surface area contributed by atoms with Gasteiger partial charge in [0.05, 0.1) is 20.1 Å². The summed E-state index contributed by atoms with van der Waals surface area (Å²) >= 11 is 0. The number of rotatable bonds is 19. The van der Waals surface area contributed by atoms with Crippen molar-refractivity contribution < 1.29 is 28.5 Å². The third-order valence-corrected chi connectivity index (χ3v) is 9.30. The predicted octanol–water partition coefficient (Wildman–Crippen LogP) is 7.27. The topological polar surface area (TPSA) is 71.1 Å². The van der Waals surface area contributed by atoms with E-state index in [1.165, 1.54) is 30.9 Å². The number of allylic oxidation sites excluding steroid dienone is 2. The molecule has 8 heteroatoms. The molecular formula is C33H48O6P2. The van der Waals surface area contributed by atoms with E-state index >= 15 is 0 Å². The van der Waals surface area contributed by atoms with Crippen molar-refractivity contribution in [3.05, 3.63) is 59.7 Å². The van der Waals surface area contributed by atoms with Crippen molar-refractivity contribution >= 4 is 38.9 Å². The van der Waals surface area contributed by atoms with Gasteiger partial charge in [-0.2, -0.15) is 0 Å². The molecule has 0 fully saturated rings. The fourth-order valence-corrected chi connectivity index (χ4v) is 6.06. The average molecular weight is 603 g/mol. The number of ketones is 2. The number of carbonyl (C=O) groups is 2. The molecule has 0 aromatic heterocycles. The van der Waals surface area contributed by atoms with Crippen LogP contribution >= 0.6 is 15.2 Å². The Labute approximate surface area is 248 Å². The number of hydrogen-bond acceptors (Lipinski definition) is 6. The zero-order valence-electron chi connectivity index (χ0n) is 25.8. The molecule has 0 unspecified atom stereocenters. The second-order valence-electron chi connectivity index (χ2n) is 11.5. The Kier molecular flexibility index (Phi) is 15.1. The molecule has 0 aliphatic heterocycles. The summed E-state index contributed by atoms with van der Waals surface area (Å²) < 4.78 is 22.7. The van der Waals surface area contributed by atoms with Crippen LogP contribution in [-0.4, -0.2) is 84.6 Å². The summed E-state index contributed by atoms with van der Waals surface area (Å²) in [5.41, 5.74) is 1.59. The number of methoxy groups -OCH3 is 2. The Bertz CT molecular complexity index is 1180. The first-order valence-electron chi connectivity index (χ1n) is 14.2. The Morgan fingerprint density at radius 3 is 1.66 bits per heavy atom. The summed E-state index contributed by atoms with van der Waals surface area (Å²) in [5.74, 6) is 2.05. The van der Waals surface area contributed by atoms with Crippen molar-refractivity contribution in [3.8, 4) is 23.0 Å². The van der Waals surface area contributed by atoms with Gasteiger partial charge in [-0.1, -0.05) is 12.1 Å². The summed E-state index contributed by atoms with van der Waals surface area (Å²) in [6.45, 7) is 12.9. The van der Waals surface area contributed by atoms with E-state index in [9.17, 15) is 9.59 Å². The number of hydrogen-bond donors (Lipinski definition) is 0. The van der Waals surface area contributed by atoms with Crippen LogP contribution in [0, 0.1) is 0 Å². The van der Waals surface area contributed by atoms with Crippen LogP contribution in [-0.2, 0) is 9.59 Å². The first-order chi connectivity index (χ1) is 19.5. The minimum absolute atomic E-state index is 0.0714. The van der Waals surface area contributed by atoms with Gasteiger partial charge in [0.15, 0.2) is 17.3 Å². The van der Waals surface area contributed by atoms with Crippen LogP contribution in [0.3, 0.4) is 0 Å². The molecule has 0 radical (unpaired) electrons. The molecule has 226 valence electrons. The first-order valence-corrected chi connectivity index (χ1v) is 20.3. The third-order valence-electron chi connectivity index (χ3n) is 6.23. The molecule has 0 amide bonds. The van der Waals surface area contributed by atoms with Gasteiger partial charge >= 0.3 is 123 Å². The third kappa shape index (κ3) is 14.2. The van der Waals surface area contributed by atoms with E-state index in [1.54, 1.807) is 26.4 Å². The quantitative estimate of drug-likeness (QED) is 0.0729. The van der Waals surface area contributed by atoms with E-state index < -0.39 is 7.26 Å². The van der Waals surface area contributed by atoms with Gasteiger partial charge < -0.3 is 9.47 Å². The number of ether oxygens (including phenoxy) is 4. The predicted molar refractivity (Wildman–Crippen MR) is 178 cm³/mol. The van der Waals surface area contributed by atoms with E-state index in [0.29, 0.717) is 36.2 Å². The van der Waals surface area contributed by atoms with E-state index in [4.69, 9.17) is 18.9 Å². The molecule has 0 saturated heterocycles. The SMILES string of the molecule is COc1cc(/C=C/C(=O)CC(=O)/C=C/c2ccc(OCCCP(C)C)c(OC)c2)ccc1OCCCC[PH](C)(C)C. The van der Waals surface area contributed by atoms with Gasteiger partial charge in [-0.25, -0.2) is 0 Å². The molecule has 0 aliphatic rings. The van der Waals surface area contributed by atoms with Crippen molar-refractivity contribution in [3.63, 3.8) is 0 Å². The van der Waals surface area contributed by atoms with Crippen LogP contribution in [0.15, 0.2) is 48.6 Å². The minimum atomic E-state index is -1.02. The molecule has 6 nitrogen and oxygen atoms in total. The molecule has 0 aliphatic carbocycles. The molecule has 2 rings (SSSR count). The average Bonchev–Trinajstić information content (AvgIpc) is 2.92. The molecular weight excluding hydrogens is 554 g/mol. The van der Waals surface area contributed by atoms with E-state index in [0.717, 1.165) is 24.0 Å². The van der Waals surface area contributed by atoms with Gasteiger partial charge in [-0.3, -0.25) is 9.59 Å². The van der Waals surface area contributed by atoms with Gasteiger partial charge in [0.25, 0.3) is 0 Å². The molecule has 0 spiro atoms. The van der Waals surface area contributed by atoms with Crippen molar-refractivity contribution in [2.24, 2.45) is 0 Å². The number of unbranched alkanes of at least 4 members (excludes halogenated alkanes) is 1. The van der Waals surface area contributed by atoms with Gasteiger partial charge in [0, 0.05) is 0 Å². The summed E-state index contributed by atoms with van der Waals surface area (Å²) in [6.07, 6.45) is 11.7. The number of carbonyl (C=O) groups excluding carboxylic acids is 2. The second-order valence-corrected chi connectivity index (χ2v) is 19.7. The molecule has 0 atom stereocenters. The van der Waals surface area contributed by atoms with Crippen LogP contribution in [0.1, 0.15) is 36.8 Å².